The van der Waals surface area contributed by atoms with Crippen molar-refractivity contribution >= 4 is 17.6 Å². The summed E-state index contributed by atoms with van der Waals surface area (Å²) in [5, 5.41) is 31.2. The quantitative estimate of drug-likeness (QED) is 0.548. The van der Waals surface area contributed by atoms with Crippen molar-refractivity contribution in [2.75, 3.05) is 0 Å². The Hall–Kier alpha value is -2.64. The van der Waals surface area contributed by atoms with E-state index in [1.807, 2.05) is 0 Å². The first kappa shape index (κ1) is 15.4. The van der Waals surface area contributed by atoms with Crippen LogP contribution in [0.15, 0.2) is 18.2 Å². The van der Waals surface area contributed by atoms with E-state index in [2.05, 4.69) is 5.32 Å². The fourth-order valence-electron chi connectivity index (χ4n) is 1.56. The Labute approximate surface area is 114 Å². The van der Waals surface area contributed by atoms with E-state index in [1.165, 1.54) is 0 Å². The number of nitrogens with one attached hydrogen (secondary N) is 1. The topological polar surface area (TPSA) is 130 Å². The van der Waals surface area contributed by atoms with Crippen molar-refractivity contribution in [3.8, 4) is 5.75 Å². The molecule has 3 N–H and O–H groups in total. The number of rotatable bonds is 5. The molecule has 108 valence electrons. The van der Waals surface area contributed by atoms with Crippen molar-refractivity contribution in [3.05, 3.63) is 33.9 Å². The summed E-state index contributed by atoms with van der Waals surface area (Å²) in [6, 6.07) is 1.97. The molecule has 0 aromatic heterocycles. The van der Waals surface area contributed by atoms with Crippen LogP contribution in [0.1, 0.15) is 24.2 Å². The van der Waals surface area contributed by atoms with Crippen LogP contribution in [0.3, 0.4) is 0 Å². The van der Waals surface area contributed by atoms with Crippen molar-refractivity contribution < 1.29 is 24.7 Å². The van der Waals surface area contributed by atoms with Crippen LogP contribution >= 0.6 is 0 Å². The molecule has 0 radical (unpaired) electrons. The number of amides is 1. The van der Waals surface area contributed by atoms with Crippen molar-refractivity contribution in [2.24, 2.45) is 5.92 Å². The molecule has 0 aliphatic rings. The van der Waals surface area contributed by atoms with Gasteiger partial charge in [-0.05, 0) is 18.1 Å². The molecule has 1 aromatic rings. The highest BCUT2D eigenvalue weighted by Gasteiger charge is 2.25. The Kier molecular flexibility index (Phi) is 4.63. The van der Waals surface area contributed by atoms with E-state index in [0.717, 1.165) is 18.2 Å². The highest BCUT2D eigenvalue weighted by molar-refractivity contribution is 5.97. The summed E-state index contributed by atoms with van der Waals surface area (Å²) in [4.78, 5) is 32.5. The predicted molar refractivity (Wildman–Crippen MR) is 68.5 cm³/mol. The molecule has 1 rings (SSSR count). The van der Waals surface area contributed by atoms with E-state index in [1.54, 1.807) is 13.8 Å². The third-order valence-corrected chi connectivity index (χ3v) is 2.65. The van der Waals surface area contributed by atoms with Gasteiger partial charge in [-0.3, -0.25) is 14.9 Å². The summed E-state index contributed by atoms with van der Waals surface area (Å²) < 4.78 is 0. The van der Waals surface area contributed by atoms with Crippen LogP contribution in [0.2, 0.25) is 0 Å². The van der Waals surface area contributed by atoms with Gasteiger partial charge in [-0.2, -0.15) is 0 Å². The number of nitro groups is 1. The van der Waals surface area contributed by atoms with Crippen LogP contribution in [-0.2, 0) is 4.79 Å². The molecule has 0 aliphatic heterocycles. The second-order valence-electron chi connectivity index (χ2n) is 4.49. The molecule has 1 amide bonds. The molecule has 1 aromatic carbocycles. The molecule has 20 heavy (non-hydrogen) atoms. The van der Waals surface area contributed by atoms with Gasteiger partial charge in [0.15, 0.2) is 5.75 Å². The third kappa shape index (κ3) is 3.44. The van der Waals surface area contributed by atoms with Crippen LogP contribution in [0.4, 0.5) is 5.69 Å². The minimum absolute atomic E-state index is 0.0556. The number of carbonyl (C=O) groups is 2. The maximum absolute atomic E-state index is 11.8. The monoisotopic (exact) mass is 282 g/mol. The lowest BCUT2D eigenvalue weighted by Crippen LogP contribution is -2.44. The zero-order chi connectivity index (χ0) is 15.4. The standard InChI is InChI=1S/C12H14N2O6/c1-6(2)10(12(17)18)13-11(16)7-3-4-8(14(19)20)9(15)5-7/h3-6,10,15H,1-2H3,(H,13,16)(H,17,18)/t10-/m0/s1. The molecule has 0 saturated heterocycles. The number of benzene rings is 1. The minimum atomic E-state index is -1.18. The second kappa shape index (κ2) is 6.00. The van der Waals surface area contributed by atoms with Crippen LogP contribution in [0.25, 0.3) is 0 Å². The second-order valence-corrected chi connectivity index (χ2v) is 4.49. The Morgan fingerprint density at radius 2 is 1.95 bits per heavy atom. The molecule has 1 atom stereocenters. The minimum Gasteiger partial charge on any atom is -0.502 e. The van der Waals surface area contributed by atoms with Gasteiger partial charge in [0, 0.05) is 11.6 Å². The molecule has 0 heterocycles. The molecule has 0 fully saturated rings. The van der Waals surface area contributed by atoms with E-state index in [-0.39, 0.29) is 11.5 Å². The maximum atomic E-state index is 11.8. The van der Waals surface area contributed by atoms with Gasteiger partial charge in [0.1, 0.15) is 6.04 Å². The molecule has 0 spiro atoms. The van der Waals surface area contributed by atoms with Gasteiger partial charge in [-0.25, -0.2) is 4.79 Å². The number of hydrogen-bond donors (Lipinski definition) is 3. The number of phenolic OH excluding ortho intramolecular Hbond substituents is 1. The van der Waals surface area contributed by atoms with Gasteiger partial charge in [-0.15, -0.1) is 0 Å². The lowest BCUT2D eigenvalue weighted by molar-refractivity contribution is -0.385. The summed E-state index contributed by atoms with van der Waals surface area (Å²) in [7, 11) is 0. The fraction of sp³-hybridized carbons (Fsp3) is 0.333. The first-order valence-corrected chi connectivity index (χ1v) is 5.75. The number of phenols is 1. The number of aromatic hydroxyl groups is 1. The first-order valence-electron chi connectivity index (χ1n) is 5.75. The maximum Gasteiger partial charge on any atom is 0.326 e. The van der Waals surface area contributed by atoms with E-state index in [9.17, 15) is 24.8 Å². The summed E-state index contributed by atoms with van der Waals surface area (Å²) >= 11 is 0. The number of carboxylic acids is 1. The molecule has 0 aliphatic carbocycles. The van der Waals surface area contributed by atoms with Gasteiger partial charge in [0.05, 0.1) is 4.92 Å². The number of hydrogen-bond acceptors (Lipinski definition) is 5. The average molecular weight is 282 g/mol. The van der Waals surface area contributed by atoms with Crippen LogP contribution in [0.5, 0.6) is 5.75 Å². The molecule has 8 nitrogen and oxygen atoms in total. The Morgan fingerprint density at radius 1 is 1.35 bits per heavy atom. The normalized spacial score (nSPS) is 11.9. The smallest absolute Gasteiger partial charge is 0.326 e. The fourth-order valence-corrected chi connectivity index (χ4v) is 1.56. The van der Waals surface area contributed by atoms with Gasteiger partial charge in [0.2, 0.25) is 0 Å². The van der Waals surface area contributed by atoms with E-state index in [0.29, 0.717) is 0 Å². The number of nitro benzene ring substituents is 1. The summed E-state index contributed by atoms with van der Waals surface area (Å²) in [5.74, 6) is -2.89. The van der Waals surface area contributed by atoms with Gasteiger partial charge in [0.25, 0.3) is 5.91 Å². The summed E-state index contributed by atoms with van der Waals surface area (Å²) in [6.07, 6.45) is 0. The van der Waals surface area contributed by atoms with E-state index in [4.69, 9.17) is 5.11 Å². The van der Waals surface area contributed by atoms with Crippen molar-refractivity contribution in [2.45, 2.75) is 19.9 Å². The Bertz CT molecular complexity index is 555. The summed E-state index contributed by atoms with van der Waals surface area (Å²) in [6.45, 7) is 3.26. The van der Waals surface area contributed by atoms with Gasteiger partial charge in [-0.1, -0.05) is 13.8 Å². The highest BCUT2D eigenvalue weighted by Crippen LogP contribution is 2.26. The number of carbonyl (C=O) groups excluding carboxylic acids is 1. The molecule has 0 bridgehead atoms. The van der Waals surface area contributed by atoms with Crippen LogP contribution in [0, 0.1) is 16.0 Å². The van der Waals surface area contributed by atoms with Crippen molar-refractivity contribution in [1.29, 1.82) is 0 Å². The highest BCUT2D eigenvalue weighted by atomic mass is 16.6. The predicted octanol–water partition coefficient (Wildman–Crippen LogP) is 1.14. The third-order valence-electron chi connectivity index (χ3n) is 2.65. The molecular formula is C12H14N2O6. The Balaban J connectivity index is 2.96. The van der Waals surface area contributed by atoms with Crippen LogP contribution in [-0.4, -0.2) is 33.1 Å². The SMILES string of the molecule is CC(C)[C@H](NC(=O)c1ccc([N+](=O)[O-])c(O)c1)C(=O)O. The van der Waals surface area contributed by atoms with E-state index < -0.39 is 34.3 Å². The Morgan fingerprint density at radius 3 is 2.35 bits per heavy atom. The number of nitrogens with zero attached hydrogens (tertiary/aromatic N) is 1. The lowest BCUT2D eigenvalue weighted by atomic mass is 10.0. The van der Waals surface area contributed by atoms with Crippen molar-refractivity contribution in [1.82, 2.24) is 5.32 Å². The van der Waals surface area contributed by atoms with Gasteiger partial charge >= 0.3 is 11.7 Å². The van der Waals surface area contributed by atoms with E-state index >= 15 is 0 Å². The van der Waals surface area contributed by atoms with Crippen LogP contribution < -0.4 is 5.32 Å². The molecule has 0 saturated carbocycles. The summed E-state index contributed by atoms with van der Waals surface area (Å²) in [5.41, 5.74) is -0.583. The number of carboxylic acid groups (broad SMARTS) is 1. The van der Waals surface area contributed by atoms with Crippen molar-refractivity contribution in [3.63, 3.8) is 0 Å². The number of aliphatic carboxylic acids is 1. The molecular weight excluding hydrogens is 268 g/mol. The largest absolute Gasteiger partial charge is 0.502 e. The average Bonchev–Trinajstić information content (AvgIpc) is 2.34. The van der Waals surface area contributed by atoms with Gasteiger partial charge < -0.3 is 15.5 Å². The first-order chi connectivity index (χ1) is 9.23. The zero-order valence-corrected chi connectivity index (χ0v) is 10.9. The lowest BCUT2D eigenvalue weighted by Gasteiger charge is -2.17. The molecule has 8 heteroatoms. The zero-order valence-electron chi connectivity index (χ0n) is 10.9. The molecule has 0 unspecified atom stereocenters.